The molecular weight excluding hydrogens is 300 g/mol. The molecule has 0 fully saturated rings. The van der Waals surface area contributed by atoms with Crippen LogP contribution in [0.2, 0.25) is 5.02 Å². The number of nitrogens with one attached hydrogen (secondary N) is 1. The number of rotatable bonds is 5. The summed E-state index contributed by atoms with van der Waals surface area (Å²) in [6.07, 6.45) is 1.60. The van der Waals surface area contributed by atoms with Crippen molar-refractivity contribution in [3.05, 3.63) is 59.1 Å². The van der Waals surface area contributed by atoms with E-state index in [9.17, 15) is 9.90 Å². The quantitative estimate of drug-likeness (QED) is 0.823. The van der Waals surface area contributed by atoms with Crippen LogP contribution in [0.3, 0.4) is 0 Å². The number of benzene rings is 2. The Kier molecular flexibility index (Phi) is 5.67. The van der Waals surface area contributed by atoms with Crippen LogP contribution in [-0.4, -0.2) is 24.7 Å². The van der Waals surface area contributed by atoms with Crippen LogP contribution in [0, 0.1) is 0 Å². The minimum Gasteiger partial charge on any atom is -0.506 e. The van der Waals surface area contributed by atoms with E-state index >= 15 is 0 Å². The summed E-state index contributed by atoms with van der Waals surface area (Å²) < 4.78 is 0. The number of para-hydroxylation sites is 2. The van der Waals surface area contributed by atoms with Gasteiger partial charge in [0.05, 0.1) is 5.69 Å². The second kappa shape index (κ2) is 7.71. The van der Waals surface area contributed by atoms with Crippen molar-refractivity contribution in [1.29, 1.82) is 0 Å². The standard InChI is InChI=1S/C17H19ClN2O2/c1-20(15-10-4-5-11-16(15)21)17(22)19-12-6-8-13-7-2-3-9-14(13)18/h2-5,7,9-11,21H,6,8,12H2,1H3,(H,19,22). The topological polar surface area (TPSA) is 52.6 Å². The summed E-state index contributed by atoms with van der Waals surface area (Å²) in [5.41, 5.74) is 1.55. The highest BCUT2D eigenvalue weighted by Crippen LogP contribution is 2.25. The highest BCUT2D eigenvalue weighted by atomic mass is 35.5. The molecule has 0 aromatic heterocycles. The molecule has 0 radical (unpaired) electrons. The molecule has 2 aromatic carbocycles. The lowest BCUT2D eigenvalue weighted by Crippen LogP contribution is -2.37. The smallest absolute Gasteiger partial charge is 0.321 e. The number of carbonyl (C=O) groups is 1. The van der Waals surface area contributed by atoms with Crippen LogP contribution in [0.5, 0.6) is 5.75 Å². The lowest BCUT2D eigenvalue weighted by Gasteiger charge is -2.19. The van der Waals surface area contributed by atoms with E-state index in [4.69, 9.17) is 11.6 Å². The molecule has 0 aliphatic heterocycles. The Morgan fingerprint density at radius 3 is 2.59 bits per heavy atom. The number of hydrogen-bond donors (Lipinski definition) is 2. The highest BCUT2D eigenvalue weighted by Gasteiger charge is 2.13. The predicted molar refractivity (Wildman–Crippen MR) is 89.7 cm³/mol. The number of urea groups is 1. The van der Waals surface area contributed by atoms with E-state index in [2.05, 4.69) is 5.32 Å². The SMILES string of the molecule is CN(C(=O)NCCCc1ccccc1Cl)c1ccccc1O. The first-order valence-corrected chi connectivity index (χ1v) is 7.50. The molecule has 0 unspecified atom stereocenters. The van der Waals surface area contributed by atoms with Crippen LogP contribution in [0.15, 0.2) is 48.5 Å². The van der Waals surface area contributed by atoms with Crippen LogP contribution in [-0.2, 0) is 6.42 Å². The van der Waals surface area contributed by atoms with Gasteiger partial charge < -0.3 is 10.4 Å². The molecule has 0 atom stereocenters. The molecule has 116 valence electrons. The van der Waals surface area contributed by atoms with Crippen LogP contribution >= 0.6 is 11.6 Å². The molecule has 2 amide bonds. The lowest BCUT2D eigenvalue weighted by atomic mass is 10.1. The number of phenols is 1. The van der Waals surface area contributed by atoms with Crippen molar-refractivity contribution in [2.75, 3.05) is 18.5 Å². The molecule has 0 saturated carbocycles. The number of phenolic OH excluding ortho intramolecular Hbond substituents is 1. The summed E-state index contributed by atoms with van der Waals surface area (Å²) >= 11 is 6.09. The molecule has 2 N–H and O–H groups in total. The Balaban J connectivity index is 1.81. The van der Waals surface area contributed by atoms with Gasteiger partial charge in [0.2, 0.25) is 0 Å². The van der Waals surface area contributed by atoms with Crippen molar-refractivity contribution in [3.8, 4) is 5.75 Å². The summed E-state index contributed by atoms with van der Waals surface area (Å²) in [7, 11) is 1.62. The molecule has 0 saturated heterocycles. The largest absolute Gasteiger partial charge is 0.506 e. The highest BCUT2D eigenvalue weighted by molar-refractivity contribution is 6.31. The first-order chi connectivity index (χ1) is 10.6. The number of aromatic hydroxyl groups is 1. The van der Waals surface area contributed by atoms with E-state index in [1.807, 2.05) is 24.3 Å². The summed E-state index contributed by atoms with van der Waals surface area (Å²) in [6, 6.07) is 14.2. The molecule has 4 nitrogen and oxygen atoms in total. The maximum Gasteiger partial charge on any atom is 0.321 e. The Bertz CT molecular complexity index is 646. The van der Waals surface area contributed by atoms with Gasteiger partial charge in [-0.3, -0.25) is 4.90 Å². The van der Waals surface area contributed by atoms with E-state index in [1.165, 1.54) is 4.90 Å². The van der Waals surface area contributed by atoms with Gasteiger partial charge in [0.15, 0.2) is 0 Å². The fraction of sp³-hybridized carbons (Fsp3) is 0.235. The third-order valence-electron chi connectivity index (χ3n) is 3.40. The van der Waals surface area contributed by atoms with Crippen molar-refractivity contribution in [2.45, 2.75) is 12.8 Å². The first-order valence-electron chi connectivity index (χ1n) is 7.12. The molecule has 0 aliphatic carbocycles. The second-order valence-corrected chi connectivity index (χ2v) is 5.38. The monoisotopic (exact) mass is 318 g/mol. The molecule has 0 spiro atoms. The zero-order valence-electron chi connectivity index (χ0n) is 12.4. The number of amides is 2. The molecule has 0 heterocycles. The maximum atomic E-state index is 12.1. The Labute approximate surface area is 135 Å². The number of anilines is 1. The third-order valence-corrected chi connectivity index (χ3v) is 3.77. The third kappa shape index (κ3) is 4.15. The lowest BCUT2D eigenvalue weighted by molar-refractivity contribution is 0.247. The van der Waals surface area contributed by atoms with Crippen molar-refractivity contribution < 1.29 is 9.90 Å². The Morgan fingerprint density at radius 2 is 1.86 bits per heavy atom. The van der Waals surface area contributed by atoms with Gasteiger partial charge in [-0.15, -0.1) is 0 Å². The molecule has 5 heteroatoms. The van der Waals surface area contributed by atoms with Gasteiger partial charge in [-0.2, -0.15) is 0 Å². The van der Waals surface area contributed by atoms with Crippen LogP contribution in [0.4, 0.5) is 10.5 Å². The van der Waals surface area contributed by atoms with Gasteiger partial charge in [-0.05, 0) is 36.6 Å². The molecule has 2 aromatic rings. The van der Waals surface area contributed by atoms with Gasteiger partial charge >= 0.3 is 6.03 Å². The molecular formula is C17H19ClN2O2. The van der Waals surface area contributed by atoms with Crippen LogP contribution < -0.4 is 10.2 Å². The van der Waals surface area contributed by atoms with Crippen molar-refractivity contribution >= 4 is 23.3 Å². The fourth-order valence-corrected chi connectivity index (χ4v) is 2.38. The number of nitrogens with zero attached hydrogens (tertiary/aromatic N) is 1. The summed E-state index contributed by atoms with van der Waals surface area (Å²) in [5.74, 6) is 0.0798. The maximum absolute atomic E-state index is 12.1. The van der Waals surface area contributed by atoms with Crippen molar-refractivity contribution in [2.24, 2.45) is 0 Å². The van der Waals surface area contributed by atoms with E-state index in [1.54, 1.807) is 31.3 Å². The number of aryl methyl sites for hydroxylation is 1. The minimum atomic E-state index is -0.249. The Morgan fingerprint density at radius 1 is 1.18 bits per heavy atom. The fourth-order valence-electron chi connectivity index (χ4n) is 2.15. The van der Waals surface area contributed by atoms with E-state index in [0.29, 0.717) is 12.2 Å². The normalized spacial score (nSPS) is 10.3. The predicted octanol–water partition coefficient (Wildman–Crippen LogP) is 3.82. The number of hydrogen-bond acceptors (Lipinski definition) is 2. The van der Waals surface area contributed by atoms with Gasteiger partial charge in [0.1, 0.15) is 5.75 Å². The summed E-state index contributed by atoms with van der Waals surface area (Å²) in [4.78, 5) is 13.4. The zero-order chi connectivity index (χ0) is 15.9. The average Bonchev–Trinajstić information content (AvgIpc) is 2.52. The van der Waals surface area contributed by atoms with Gasteiger partial charge in [-0.25, -0.2) is 4.79 Å². The van der Waals surface area contributed by atoms with E-state index in [-0.39, 0.29) is 11.8 Å². The van der Waals surface area contributed by atoms with Gasteiger partial charge in [0.25, 0.3) is 0 Å². The minimum absolute atomic E-state index is 0.0798. The van der Waals surface area contributed by atoms with Gasteiger partial charge in [0, 0.05) is 18.6 Å². The molecule has 0 aliphatic rings. The number of carbonyl (C=O) groups excluding carboxylic acids is 1. The van der Waals surface area contributed by atoms with Crippen LogP contribution in [0.1, 0.15) is 12.0 Å². The number of halogens is 1. The average molecular weight is 319 g/mol. The zero-order valence-corrected chi connectivity index (χ0v) is 13.2. The second-order valence-electron chi connectivity index (χ2n) is 4.97. The van der Waals surface area contributed by atoms with Gasteiger partial charge in [-0.1, -0.05) is 41.9 Å². The Hall–Kier alpha value is -2.20. The summed E-state index contributed by atoms with van der Waals surface area (Å²) in [5, 5.41) is 13.3. The van der Waals surface area contributed by atoms with E-state index < -0.39 is 0 Å². The van der Waals surface area contributed by atoms with Crippen molar-refractivity contribution in [1.82, 2.24) is 5.32 Å². The summed E-state index contributed by atoms with van der Waals surface area (Å²) in [6.45, 7) is 0.544. The molecule has 2 rings (SSSR count). The molecule has 22 heavy (non-hydrogen) atoms. The first kappa shape index (κ1) is 16.2. The van der Waals surface area contributed by atoms with Crippen LogP contribution in [0.25, 0.3) is 0 Å². The molecule has 0 bridgehead atoms. The van der Waals surface area contributed by atoms with E-state index in [0.717, 1.165) is 23.4 Å². The van der Waals surface area contributed by atoms with Crippen molar-refractivity contribution in [3.63, 3.8) is 0 Å².